The summed E-state index contributed by atoms with van der Waals surface area (Å²) in [5.41, 5.74) is 8.30. The smallest absolute Gasteiger partial charge is 0.161 e. The van der Waals surface area contributed by atoms with Crippen molar-refractivity contribution in [1.29, 1.82) is 0 Å². The van der Waals surface area contributed by atoms with Gasteiger partial charge in [-0.1, -0.05) is 24.0 Å². The highest BCUT2D eigenvalue weighted by Crippen LogP contribution is 2.58. The Morgan fingerprint density at radius 2 is 1.90 bits per heavy atom. The number of H-pyrrole nitrogens is 1. The number of phenols is 2. The molecule has 9 rings (SSSR count). The van der Waals surface area contributed by atoms with Crippen LogP contribution in [0.3, 0.4) is 0 Å². The summed E-state index contributed by atoms with van der Waals surface area (Å²) in [6.45, 7) is 2.64. The van der Waals surface area contributed by atoms with E-state index in [0.717, 1.165) is 49.8 Å². The van der Waals surface area contributed by atoms with Gasteiger partial charge in [0.15, 0.2) is 17.6 Å². The summed E-state index contributed by atoms with van der Waals surface area (Å²) in [5.74, 6) is 8.78. The van der Waals surface area contributed by atoms with Crippen molar-refractivity contribution in [3.63, 3.8) is 0 Å². The summed E-state index contributed by atoms with van der Waals surface area (Å²) in [5, 5.41) is 64.3. The van der Waals surface area contributed by atoms with Crippen LogP contribution in [0.2, 0.25) is 0 Å². The quantitative estimate of drug-likeness (QED) is 0.0413. The standard InChI is InChI=1S/C50H58N4O9/c1-29(57)25-52-27-54-44-7-3-4-17-60-43-22-34(20-32(46(43)59)6-5-16-55)49-50(44,61-28-51-2)24-41-40-21-33(19-30-8-13-42-31(18-30)14-15-53-42)39-23-35(58)9-11-37(39)45(40)48-38(47(41)63-49)12-10-36(26-56)62-48/h8-9,11,13-15,18,20,22-23,29,33,36,44,49,51-59H,4-6,10,12,16-17,19,21,24-28H2,1-2H3. The van der Waals surface area contributed by atoms with Crippen molar-refractivity contribution in [3.05, 3.63) is 99.7 Å². The number of aromatic hydroxyl groups is 2. The lowest BCUT2D eigenvalue weighted by Crippen LogP contribution is -2.62. The average molecular weight is 859 g/mol. The predicted octanol–water partition coefficient (Wildman–Crippen LogP) is 5.02. The number of hydrogen-bond acceptors (Lipinski definition) is 12. The molecule has 2 bridgehead atoms. The van der Waals surface area contributed by atoms with E-state index in [1.54, 1.807) is 13.0 Å². The third-order valence-electron chi connectivity index (χ3n) is 13.0. The third-order valence-corrected chi connectivity index (χ3v) is 13.0. The van der Waals surface area contributed by atoms with Crippen molar-refractivity contribution in [2.24, 2.45) is 0 Å². The van der Waals surface area contributed by atoms with Crippen LogP contribution in [0.15, 0.2) is 60.8 Å². The van der Waals surface area contributed by atoms with E-state index in [2.05, 4.69) is 57.0 Å². The average Bonchev–Trinajstić information content (AvgIpc) is 3.76. The van der Waals surface area contributed by atoms with Crippen molar-refractivity contribution < 1.29 is 44.5 Å². The van der Waals surface area contributed by atoms with Gasteiger partial charge in [-0.25, -0.2) is 0 Å². The molecule has 0 amide bonds. The van der Waals surface area contributed by atoms with Crippen LogP contribution in [-0.2, 0) is 36.8 Å². The van der Waals surface area contributed by atoms with Crippen molar-refractivity contribution in [2.45, 2.75) is 94.2 Å². The number of benzene rings is 4. The number of aromatic amines is 1. The Morgan fingerprint density at radius 3 is 2.73 bits per heavy atom. The first-order valence-electron chi connectivity index (χ1n) is 22.2. The molecule has 9 N–H and O–H groups in total. The van der Waals surface area contributed by atoms with Gasteiger partial charge in [-0.05, 0) is 140 Å². The van der Waals surface area contributed by atoms with Gasteiger partial charge >= 0.3 is 0 Å². The van der Waals surface area contributed by atoms with Gasteiger partial charge in [-0.15, -0.1) is 0 Å². The lowest BCUT2D eigenvalue weighted by Gasteiger charge is -2.49. The Balaban J connectivity index is 1.27. The second-order valence-corrected chi connectivity index (χ2v) is 17.4. The summed E-state index contributed by atoms with van der Waals surface area (Å²) in [6, 6.07) is 17.3. The summed E-state index contributed by atoms with van der Waals surface area (Å²) in [4.78, 5) is 3.31. The summed E-state index contributed by atoms with van der Waals surface area (Å²) >= 11 is 0. The van der Waals surface area contributed by atoms with Gasteiger partial charge in [-0.3, -0.25) is 10.6 Å². The molecule has 13 nitrogen and oxygen atoms in total. The molecule has 0 spiro atoms. The van der Waals surface area contributed by atoms with Gasteiger partial charge in [0.2, 0.25) is 0 Å². The Kier molecular flexibility index (Phi) is 12.6. The van der Waals surface area contributed by atoms with E-state index < -0.39 is 30.0 Å². The third kappa shape index (κ3) is 8.33. The van der Waals surface area contributed by atoms with Crippen LogP contribution in [-0.4, -0.2) is 101 Å². The number of fused-ring (bicyclic) bond motifs is 13. The molecule has 13 heteroatoms. The van der Waals surface area contributed by atoms with Crippen LogP contribution in [0.1, 0.15) is 77.2 Å². The van der Waals surface area contributed by atoms with E-state index in [1.165, 1.54) is 5.56 Å². The number of rotatable bonds is 14. The van der Waals surface area contributed by atoms with E-state index in [9.17, 15) is 25.5 Å². The fraction of sp³-hybridized carbons (Fsp3) is 0.440. The zero-order chi connectivity index (χ0) is 43.7. The summed E-state index contributed by atoms with van der Waals surface area (Å²) in [6.07, 6.45) is 4.29. The first kappa shape index (κ1) is 43.0. The molecule has 1 aromatic heterocycles. The minimum atomic E-state index is -1.20. The molecular formula is C50H58N4O9. The van der Waals surface area contributed by atoms with E-state index in [0.29, 0.717) is 87.4 Å². The maximum absolute atomic E-state index is 11.5. The van der Waals surface area contributed by atoms with Crippen LogP contribution in [0, 0.1) is 11.8 Å². The molecule has 0 saturated carbocycles. The maximum Gasteiger partial charge on any atom is 0.161 e. The van der Waals surface area contributed by atoms with Crippen LogP contribution in [0.25, 0.3) is 22.0 Å². The summed E-state index contributed by atoms with van der Waals surface area (Å²) < 4.78 is 27.8. The lowest BCUT2D eigenvalue weighted by atomic mass is 9.69. The van der Waals surface area contributed by atoms with E-state index >= 15 is 0 Å². The van der Waals surface area contributed by atoms with E-state index in [-0.39, 0.29) is 44.0 Å². The van der Waals surface area contributed by atoms with Crippen molar-refractivity contribution >= 4 is 10.9 Å². The van der Waals surface area contributed by atoms with Crippen LogP contribution in [0.5, 0.6) is 28.7 Å². The van der Waals surface area contributed by atoms with Gasteiger partial charge in [0.1, 0.15) is 35.0 Å². The molecule has 0 saturated heterocycles. The zero-order valence-electron chi connectivity index (χ0n) is 35.9. The van der Waals surface area contributed by atoms with Gasteiger partial charge in [-0.2, -0.15) is 0 Å². The second kappa shape index (κ2) is 18.4. The number of nitrogens with one attached hydrogen (secondary N) is 4. The number of phenolic OH excluding ortho intramolecular Hbond substituents is 2. The minimum Gasteiger partial charge on any atom is -0.508 e. The molecule has 4 aliphatic rings. The second-order valence-electron chi connectivity index (χ2n) is 17.4. The SMILES string of the molecule is CNCOC12Cc3c4c(c5c(c3OC1c1cc(CCCO)c(O)c(c1)OCCC#CC2NCNCC(C)O)CCC(CO)O5)-c1ccc(O)cc1C(Cc1ccc2[nH]ccc2c1)C4. The van der Waals surface area contributed by atoms with Gasteiger partial charge in [0.05, 0.1) is 26.0 Å². The molecule has 0 fully saturated rings. The molecule has 1 aliphatic carbocycles. The van der Waals surface area contributed by atoms with Crippen LogP contribution < -0.4 is 30.2 Å². The largest absolute Gasteiger partial charge is 0.508 e. The summed E-state index contributed by atoms with van der Waals surface area (Å²) in [7, 11) is 1.83. The Labute approximate surface area is 367 Å². The number of aliphatic hydroxyl groups is 3. The predicted molar refractivity (Wildman–Crippen MR) is 240 cm³/mol. The highest BCUT2D eigenvalue weighted by Gasteiger charge is 2.54. The van der Waals surface area contributed by atoms with Gasteiger partial charge in [0.25, 0.3) is 0 Å². The normalized spacial score (nSPS) is 22.6. The molecular weight excluding hydrogens is 801 g/mol. The minimum absolute atomic E-state index is 0.0238. The van der Waals surface area contributed by atoms with Gasteiger partial charge < -0.3 is 54.8 Å². The van der Waals surface area contributed by atoms with E-state index in [1.807, 2.05) is 37.5 Å². The zero-order valence-corrected chi connectivity index (χ0v) is 35.9. The first-order chi connectivity index (χ1) is 30.7. The monoisotopic (exact) mass is 858 g/mol. The van der Waals surface area contributed by atoms with Crippen molar-refractivity contribution in [3.8, 4) is 51.7 Å². The molecule has 5 aromatic rings. The number of aryl methyl sites for hydroxylation is 1. The molecule has 0 radical (unpaired) electrons. The number of ether oxygens (including phenoxy) is 4. The molecule has 3 aliphatic heterocycles. The Hall–Kier alpha value is -5.30. The molecule has 4 heterocycles. The number of aliphatic hydroxyl groups excluding tert-OH is 3. The molecule has 6 unspecified atom stereocenters. The fourth-order valence-electron chi connectivity index (χ4n) is 10.1. The van der Waals surface area contributed by atoms with Gasteiger partial charge in [0, 0.05) is 61.1 Å². The lowest BCUT2D eigenvalue weighted by molar-refractivity contribution is -0.141. The number of hydrogen-bond donors (Lipinski definition) is 9. The van der Waals surface area contributed by atoms with Crippen LogP contribution >= 0.6 is 0 Å². The highest BCUT2D eigenvalue weighted by molar-refractivity contribution is 5.85. The van der Waals surface area contributed by atoms with Crippen LogP contribution in [0.4, 0.5) is 0 Å². The Morgan fingerprint density at radius 1 is 1.02 bits per heavy atom. The van der Waals surface area contributed by atoms with Crippen molar-refractivity contribution in [1.82, 2.24) is 20.9 Å². The topological polar surface area (TPSA) is 190 Å². The molecule has 4 aromatic carbocycles. The molecule has 332 valence electrons. The first-order valence-corrected chi connectivity index (χ1v) is 22.2. The molecule has 6 atom stereocenters. The maximum atomic E-state index is 11.5. The highest BCUT2D eigenvalue weighted by atomic mass is 16.6. The Bertz CT molecular complexity index is 2530. The molecule has 63 heavy (non-hydrogen) atoms. The van der Waals surface area contributed by atoms with Crippen molar-refractivity contribution in [2.75, 3.05) is 46.8 Å². The fourth-order valence-corrected chi connectivity index (χ4v) is 10.1. The number of aromatic nitrogens is 1. The van der Waals surface area contributed by atoms with E-state index in [4.69, 9.17) is 18.9 Å².